The lowest BCUT2D eigenvalue weighted by atomic mass is 10.0. The van der Waals surface area contributed by atoms with Crippen LogP contribution in [-0.2, 0) is 15.9 Å². The van der Waals surface area contributed by atoms with Gasteiger partial charge in [0.15, 0.2) is 5.65 Å². The van der Waals surface area contributed by atoms with Gasteiger partial charge in [0.1, 0.15) is 12.1 Å². The Morgan fingerprint density at radius 2 is 1.90 bits per heavy atom. The van der Waals surface area contributed by atoms with Crippen LogP contribution >= 0.6 is 0 Å². The molecule has 0 spiro atoms. The number of methoxy groups -OCH3 is 1. The molecule has 0 bridgehead atoms. The van der Waals surface area contributed by atoms with Crippen LogP contribution in [0.1, 0.15) is 67.5 Å². The summed E-state index contributed by atoms with van der Waals surface area (Å²) in [6.07, 6.45) is 2.83. The molecule has 0 fully saturated rings. The molecule has 3 heterocycles. The van der Waals surface area contributed by atoms with Crippen LogP contribution in [0, 0.1) is 0 Å². The minimum atomic E-state index is -0.616. The van der Waals surface area contributed by atoms with E-state index in [9.17, 15) is 4.79 Å². The standard InChI is InChI=1S/C18H23N5O3.C3H8.C2H6/c1-11-13(21-15(25-5)10-20-11)9-14-12-7-6-8-19-16(12)23(22-14)17(24)26-18(2,3)4;1-3-2;1-2/h6-8,13H,9-10H2,1-5H3;3H2,1-2H3;1-2H3/t13-;;/m0../s1. The number of hydrogen-bond donors (Lipinski definition) is 0. The fraction of sp³-hybridized carbons (Fsp3) is 0.609. The van der Waals surface area contributed by atoms with Crippen molar-refractivity contribution in [3.8, 4) is 0 Å². The lowest BCUT2D eigenvalue weighted by molar-refractivity contribution is 0.0521. The van der Waals surface area contributed by atoms with Crippen molar-refractivity contribution in [2.24, 2.45) is 9.98 Å². The molecule has 0 N–H and O–H groups in total. The predicted molar refractivity (Wildman–Crippen MR) is 126 cm³/mol. The summed E-state index contributed by atoms with van der Waals surface area (Å²) in [6.45, 7) is 16.1. The lowest BCUT2D eigenvalue weighted by Gasteiger charge is -2.19. The maximum atomic E-state index is 12.5. The van der Waals surface area contributed by atoms with Crippen molar-refractivity contribution in [1.82, 2.24) is 14.8 Å². The summed E-state index contributed by atoms with van der Waals surface area (Å²) < 4.78 is 11.9. The highest BCUT2D eigenvalue weighted by Gasteiger charge is 2.25. The van der Waals surface area contributed by atoms with Gasteiger partial charge in [-0.15, -0.1) is 4.68 Å². The zero-order chi connectivity index (χ0) is 23.6. The summed E-state index contributed by atoms with van der Waals surface area (Å²) >= 11 is 0. The molecule has 8 heteroatoms. The highest BCUT2D eigenvalue weighted by Crippen LogP contribution is 2.21. The second-order valence-corrected chi connectivity index (χ2v) is 7.83. The van der Waals surface area contributed by atoms with E-state index in [1.807, 2.05) is 53.7 Å². The lowest BCUT2D eigenvalue weighted by Crippen LogP contribution is -2.29. The van der Waals surface area contributed by atoms with Gasteiger partial charge in [-0.25, -0.2) is 14.8 Å². The monoisotopic (exact) mass is 431 g/mol. The molecule has 0 aromatic carbocycles. The van der Waals surface area contributed by atoms with Gasteiger partial charge in [-0.3, -0.25) is 4.99 Å². The Morgan fingerprint density at radius 3 is 2.48 bits per heavy atom. The number of hydrogen-bond acceptors (Lipinski definition) is 7. The van der Waals surface area contributed by atoms with Crippen LogP contribution in [0.5, 0.6) is 0 Å². The molecule has 3 rings (SSSR count). The van der Waals surface area contributed by atoms with E-state index in [-0.39, 0.29) is 6.04 Å². The summed E-state index contributed by atoms with van der Waals surface area (Å²) in [6, 6.07) is 3.53. The van der Waals surface area contributed by atoms with E-state index < -0.39 is 11.7 Å². The first-order valence-corrected chi connectivity index (χ1v) is 10.9. The number of pyridine rings is 1. The minimum Gasteiger partial charge on any atom is -0.483 e. The van der Waals surface area contributed by atoms with Gasteiger partial charge in [0.25, 0.3) is 0 Å². The average molecular weight is 432 g/mol. The molecule has 0 saturated heterocycles. The van der Waals surface area contributed by atoms with Crippen LogP contribution in [0.4, 0.5) is 4.79 Å². The largest absolute Gasteiger partial charge is 0.483 e. The van der Waals surface area contributed by atoms with E-state index in [1.165, 1.54) is 11.1 Å². The van der Waals surface area contributed by atoms with Gasteiger partial charge in [0, 0.05) is 23.7 Å². The van der Waals surface area contributed by atoms with E-state index in [2.05, 4.69) is 33.9 Å². The van der Waals surface area contributed by atoms with Crippen LogP contribution in [-0.4, -0.2) is 57.8 Å². The molecule has 1 aliphatic heterocycles. The summed E-state index contributed by atoms with van der Waals surface area (Å²) in [4.78, 5) is 25.8. The predicted octanol–water partition coefficient (Wildman–Crippen LogP) is 5.09. The normalized spacial score (nSPS) is 15.6. The van der Waals surface area contributed by atoms with E-state index >= 15 is 0 Å². The maximum Gasteiger partial charge on any atom is 0.437 e. The Balaban J connectivity index is 0.000000884. The maximum absolute atomic E-state index is 12.5. The molecular formula is C23H37N5O3. The second-order valence-electron chi connectivity index (χ2n) is 7.83. The molecule has 0 unspecified atom stereocenters. The molecule has 1 atom stereocenters. The Kier molecular flexibility index (Phi) is 10.3. The number of nitrogens with zero attached hydrogens (tertiary/aromatic N) is 5. The summed E-state index contributed by atoms with van der Waals surface area (Å²) in [7, 11) is 1.59. The minimum absolute atomic E-state index is 0.177. The molecule has 31 heavy (non-hydrogen) atoms. The Bertz CT molecular complexity index is 910. The molecule has 0 radical (unpaired) electrons. The highest BCUT2D eigenvalue weighted by molar-refractivity contribution is 5.95. The Labute approximate surface area is 185 Å². The van der Waals surface area contributed by atoms with Gasteiger partial charge in [-0.2, -0.15) is 5.10 Å². The summed E-state index contributed by atoms with van der Waals surface area (Å²) in [5.41, 5.74) is 1.49. The molecule has 0 amide bonds. The average Bonchev–Trinajstić information content (AvgIpc) is 3.09. The molecule has 0 saturated carbocycles. The number of aromatic nitrogens is 3. The van der Waals surface area contributed by atoms with E-state index in [4.69, 9.17) is 9.47 Å². The van der Waals surface area contributed by atoms with E-state index in [1.54, 1.807) is 13.3 Å². The van der Waals surface area contributed by atoms with Gasteiger partial charge in [0.05, 0.1) is 18.8 Å². The van der Waals surface area contributed by atoms with E-state index in [0.29, 0.717) is 24.5 Å². The molecular weight excluding hydrogens is 394 g/mol. The third kappa shape index (κ3) is 7.45. The smallest absolute Gasteiger partial charge is 0.437 e. The van der Waals surface area contributed by atoms with Gasteiger partial charge in [-0.05, 0) is 39.8 Å². The van der Waals surface area contributed by atoms with Crippen molar-refractivity contribution in [2.75, 3.05) is 13.7 Å². The van der Waals surface area contributed by atoms with Crippen LogP contribution in [0.3, 0.4) is 0 Å². The molecule has 0 aliphatic carbocycles. The first kappa shape index (κ1) is 26.3. The number of aliphatic imine (C=N–C) groups is 2. The van der Waals surface area contributed by atoms with Gasteiger partial charge in [-0.1, -0.05) is 34.1 Å². The van der Waals surface area contributed by atoms with Crippen molar-refractivity contribution in [3.05, 3.63) is 24.0 Å². The SMILES string of the molecule is CC.CCC.COC1=N[C@@H](Cc2nn(C(=O)OC(C)(C)C)c3ncccc23)C(C)=NC1. The van der Waals surface area contributed by atoms with Gasteiger partial charge in [0.2, 0.25) is 5.90 Å². The number of fused-ring (bicyclic) bond motifs is 1. The molecule has 8 nitrogen and oxygen atoms in total. The second kappa shape index (κ2) is 12.2. The highest BCUT2D eigenvalue weighted by atomic mass is 16.6. The molecule has 2 aromatic rings. The van der Waals surface area contributed by atoms with Crippen LogP contribution in [0.2, 0.25) is 0 Å². The zero-order valence-electron chi connectivity index (χ0n) is 20.4. The van der Waals surface area contributed by atoms with Crippen molar-refractivity contribution in [2.45, 2.75) is 79.9 Å². The number of rotatable bonds is 2. The molecule has 172 valence electrons. The number of ether oxygens (including phenoxy) is 2. The van der Waals surface area contributed by atoms with Crippen LogP contribution < -0.4 is 0 Å². The third-order valence-corrected chi connectivity index (χ3v) is 3.95. The molecule has 1 aliphatic rings. The van der Waals surface area contributed by atoms with Crippen LogP contribution in [0.25, 0.3) is 11.0 Å². The van der Waals surface area contributed by atoms with Crippen molar-refractivity contribution in [3.63, 3.8) is 0 Å². The topological polar surface area (TPSA) is 91.0 Å². The fourth-order valence-corrected chi connectivity index (χ4v) is 2.70. The van der Waals surface area contributed by atoms with Gasteiger partial charge >= 0.3 is 6.09 Å². The third-order valence-electron chi connectivity index (χ3n) is 3.95. The quantitative estimate of drug-likeness (QED) is 0.661. The van der Waals surface area contributed by atoms with Crippen molar-refractivity contribution >= 4 is 28.7 Å². The summed E-state index contributed by atoms with van der Waals surface area (Å²) in [5, 5.41) is 5.26. The Hall–Kier alpha value is -2.77. The first-order valence-electron chi connectivity index (χ1n) is 10.9. The van der Waals surface area contributed by atoms with Crippen LogP contribution in [0.15, 0.2) is 28.3 Å². The number of carbonyl (C=O) groups is 1. The Morgan fingerprint density at radius 1 is 1.26 bits per heavy atom. The first-order chi connectivity index (χ1) is 14.7. The summed E-state index contributed by atoms with van der Waals surface area (Å²) in [5.74, 6) is 0.592. The van der Waals surface area contributed by atoms with Crippen molar-refractivity contribution in [1.29, 1.82) is 0 Å². The van der Waals surface area contributed by atoms with Gasteiger partial charge < -0.3 is 9.47 Å². The zero-order valence-corrected chi connectivity index (χ0v) is 20.4. The molecule has 2 aromatic heterocycles. The fourth-order valence-electron chi connectivity index (χ4n) is 2.70. The van der Waals surface area contributed by atoms with E-state index in [0.717, 1.165) is 16.8 Å². The number of carbonyl (C=O) groups excluding carboxylic acids is 1. The van der Waals surface area contributed by atoms with Crippen molar-refractivity contribution < 1.29 is 14.3 Å².